The molecular weight excluding hydrogens is 214 g/mol. The minimum Gasteiger partial charge on any atom is -0.480 e. The number of carbonyl (C=O) groups is 3. The maximum absolute atomic E-state index is 10.8. The number of nitrogens with one attached hydrogen (secondary N) is 1. The van der Waals surface area contributed by atoms with E-state index in [1.54, 1.807) is 13.8 Å². The largest absolute Gasteiger partial charge is 0.480 e. The molecule has 6 nitrogen and oxygen atoms in total. The van der Waals surface area contributed by atoms with Gasteiger partial charge in [0.25, 0.3) is 0 Å². The van der Waals surface area contributed by atoms with Crippen LogP contribution in [0.25, 0.3) is 0 Å². The molecule has 0 saturated heterocycles. The van der Waals surface area contributed by atoms with Crippen molar-refractivity contribution in [3.8, 4) is 0 Å². The second kappa shape index (κ2) is 6.22. The fourth-order valence-corrected chi connectivity index (χ4v) is 1.27. The Morgan fingerprint density at radius 1 is 1.12 bits per heavy atom. The first-order valence-corrected chi connectivity index (χ1v) is 4.96. The number of carbonyl (C=O) groups excluding carboxylic acids is 1. The first-order valence-electron chi connectivity index (χ1n) is 4.96. The summed E-state index contributed by atoms with van der Waals surface area (Å²) in [6, 6.07) is -2.12. The molecule has 1 unspecified atom stereocenters. The van der Waals surface area contributed by atoms with Crippen molar-refractivity contribution in [3.05, 3.63) is 0 Å². The summed E-state index contributed by atoms with van der Waals surface area (Å²) in [5.41, 5.74) is 0. The zero-order chi connectivity index (χ0) is 12.9. The molecule has 3 N–H and O–H groups in total. The van der Waals surface area contributed by atoms with Crippen LogP contribution in [-0.2, 0) is 14.4 Å². The monoisotopic (exact) mass is 231 g/mol. The molecule has 92 valence electrons. The number of carboxylic acid groups (broad SMARTS) is 2. The standard InChI is InChI=1S/C10H17NO5/c1-5(2)8(10(15)16)11-7(9(13)14)4-6(3)12/h5,7-8,11H,4H2,1-3H3,(H,13,14)(H,15,16)/t7?,8-/m0/s1. The van der Waals surface area contributed by atoms with E-state index in [4.69, 9.17) is 10.2 Å². The fourth-order valence-electron chi connectivity index (χ4n) is 1.27. The summed E-state index contributed by atoms with van der Waals surface area (Å²) >= 11 is 0. The van der Waals surface area contributed by atoms with Crippen molar-refractivity contribution in [2.75, 3.05) is 0 Å². The van der Waals surface area contributed by atoms with E-state index in [1.807, 2.05) is 0 Å². The molecule has 2 atom stereocenters. The Balaban J connectivity index is 4.64. The average Bonchev–Trinajstić information content (AvgIpc) is 2.09. The van der Waals surface area contributed by atoms with Crippen LogP contribution in [0.5, 0.6) is 0 Å². The van der Waals surface area contributed by atoms with E-state index in [0.29, 0.717) is 0 Å². The molecule has 0 fully saturated rings. The molecule has 0 saturated carbocycles. The highest BCUT2D eigenvalue weighted by atomic mass is 16.4. The molecule has 0 amide bonds. The molecule has 0 rings (SSSR count). The first kappa shape index (κ1) is 14.6. The van der Waals surface area contributed by atoms with Crippen LogP contribution in [0, 0.1) is 5.92 Å². The number of Topliss-reactive ketones (excluding diaryl/α,β-unsaturated/α-hetero) is 1. The zero-order valence-corrected chi connectivity index (χ0v) is 9.56. The highest BCUT2D eigenvalue weighted by Crippen LogP contribution is 2.05. The van der Waals surface area contributed by atoms with Crippen LogP contribution in [0.4, 0.5) is 0 Å². The SMILES string of the molecule is CC(=O)CC(N[C@H](C(=O)O)C(C)C)C(=O)O. The van der Waals surface area contributed by atoms with Gasteiger partial charge in [-0.3, -0.25) is 19.7 Å². The van der Waals surface area contributed by atoms with Gasteiger partial charge in [-0.25, -0.2) is 0 Å². The summed E-state index contributed by atoms with van der Waals surface area (Å²) in [6.07, 6.45) is -0.216. The molecule has 0 spiro atoms. The maximum atomic E-state index is 10.8. The van der Waals surface area contributed by atoms with Crippen LogP contribution in [-0.4, -0.2) is 40.0 Å². The van der Waals surface area contributed by atoms with Gasteiger partial charge in [0.15, 0.2) is 0 Å². The number of rotatable bonds is 7. The maximum Gasteiger partial charge on any atom is 0.321 e. The summed E-state index contributed by atoms with van der Waals surface area (Å²) in [7, 11) is 0. The van der Waals surface area contributed by atoms with Gasteiger partial charge in [0.1, 0.15) is 17.9 Å². The third kappa shape index (κ3) is 4.88. The summed E-state index contributed by atoms with van der Waals surface area (Å²) in [5, 5.41) is 20.2. The van der Waals surface area contributed by atoms with E-state index in [-0.39, 0.29) is 18.1 Å². The van der Waals surface area contributed by atoms with Crippen LogP contribution >= 0.6 is 0 Å². The van der Waals surface area contributed by atoms with Gasteiger partial charge in [-0.1, -0.05) is 13.8 Å². The predicted molar refractivity (Wildman–Crippen MR) is 56.1 cm³/mol. The Hall–Kier alpha value is -1.43. The normalized spacial score (nSPS) is 14.5. The van der Waals surface area contributed by atoms with Gasteiger partial charge < -0.3 is 10.2 Å². The van der Waals surface area contributed by atoms with Crippen LogP contribution in [0.3, 0.4) is 0 Å². The van der Waals surface area contributed by atoms with Crippen molar-refractivity contribution in [2.24, 2.45) is 5.92 Å². The lowest BCUT2D eigenvalue weighted by Crippen LogP contribution is -2.50. The molecule has 0 aliphatic carbocycles. The zero-order valence-electron chi connectivity index (χ0n) is 9.56. The number of hydrogen-bond acceptors (Lipinski definition) is 4. The van der Waals surface area contributed by atoms with Gasteiger partial charge in [0.2, 0.25) is 0 Å². The molecule has 0 aromatic rings. The second-order valence-corrected chi connectivity index (χ2v) is 4.02. The van der Waals surface area contributed by atoms with E-state index in [0.717, 1.165) is 0 Å². The number of aliphatic carboxylic acids is 2. The first-order chi connectivity index (χ1) is 7.25. The van der Waals surface area contributed by atoms with Gasteiger partial charge in [0.05, 0.1) is 0 Å². The fraction of sp³-hybridized carbons (Fsp3) is 0.700. The Bertz CT molecular complexity index is 287. The van der Waals surface area contributed by atoms with Crippen molar-refractivity contribution in [1.29, 1.82) is 0 Å². The molecule has 0 aromatic carbocycles. The summed E-state index contributed by atoms with van der Waals surface area (Å²) in [4.78, 5) is 32.5. The molecule has 0 heterocycles. The minimum atomic E-state index is -1.22. The van der Waals surface area contributed by atoms with Crippen molar-refractivity contribution in [1.82, 2.24) is 5.32 Å². The predicted octanol–water partition coefficient (Wildman–Crippen LogP) is 0.118. The van der Waals surface area contributed by atoms with Gasteiger partial charge in [-0.15, -0.1) is 0 Å². The highest BCUT2D eigenvalue weighted by Gasteiger charge is 2.28. The molecule has 0 aliphatic rings. The minimum absolute atomic E-state index is 0.216. The summed E-state index contributed by atoms with van der Waals surface area (Å²) in [6.45, 7) is 4.60. The lowest BCUT2D eigenvalue weighted by atomic mass is 10.0. The molecule has 0 radical (unpaired) electrons. The van der Waals surface area contributed by atoms with Crippen molar-refractivity contribution >= 4 is 17.7 Å². The van der Waals surface area contributed by atoms with E-state index in [2.05, 4.69) is 5.32 Å². The number of hydrogen-bond donors (Lipinski definition) is 3. The molecule has 6 heteroatoms. The van der Waals surface area contributed by atoms with Gasteiger partial charge in [-0.2, -0.15) is 0 Å². The van der Waals surface area contributed by atoms with E-state index >= 15 is 0 Å². The highest BCUT2D eigenvalue weighted by molar-refractivity contribution is 5.85. The Kier molecular flexibility index (Phi) is 5.66. The van der Waals surface area contributed by atoms with Crippen molar-refractivity contribution < 1.29 is 24.6 Å². The average molecular weight is 231 g/mol. The third-order valence-corrected chi connectivity index (χ3v) is 2.10. The van der Waals surface area contributed by atoms with Crippen molar-refractivity contribution in [3.63, 3.8) is 0 Å². The number of ketones is 1. The quantitative estimate of drug-likeness (QED) is 0.575. The van der Waals surface area contributed by atoms with Crippen LogP contribution in [0.15, 0.2) is 0 Å². The second-order valence-electron chi connectivity index (χ2n) is 4.02. The molecule has 0 aromatic heterocycles. The smallest absolute Gasteiger partial charge is 0.321 e. The Morgan fingerprint density at radius 3 is 1.88 bits per heavy atom. The lowest BCUT2D eigenvalue weighted by Gasteiger charge is -2.22. The Morgan fingerprint density at radius 2 is 1.62 bits per heavy atom. The van der Waals surface area contributed by atoms with E-state index in [1.165, 1.54) is 6.92 Å². The molecular formula is C10H17NO5. The van der Waals surface area contributed by atoms with E-state index in [9.17, 15) is 14.4 Å². The topological polar surface area (TPSA) is 104 Å². The van der Waals surface area contributed by atoms with E-state index < -0.39 is 24.0 Å². The van der Waals surface area contributed by atoms with Crippen LogP contribution in [0.2, 0.25) is 0 Å². The van der Waals surface area contributed by atoms with Crippen LogP contribution in [0.1, 0.15) is 27.2 Å². The molecule has 16 heavy (non-hydrogen) atoms. The molecule has 0 aliphatic heterocycles. The van der Waals surface area contributed by atoms with Crippen molar-refractivity contribution in [2.45, 2.75) is 39.3 Å². The van der Waals surface area contributed by atoms with Crippen LogP contribution < -0.4 is 5.32 Å². The summed E-state index contributed by atoms with van der Waals surface area (Å²) < 4.78 is 0. The van der Waals surface area contributed by atoms with Gasteiger partial charge in [-0.05, 0) is 12.8 Å². The van der Waals surface area contributed by atoms with Gasteiger partial charge >= 0.3 is 11.9 Å². The summed E-state index contributed by atoms with van der Waals surface area (Å²) in [5.74, 6) is -2.90. The van der Waals surface area contributed by atoms with Gasteiger partial charge in [0, 0.05) is 6.42 Å². The number of carboxylic acids is 2. The lowest BCUT2D eigenvalue weighted by molar-refractivity contribution is -0.144. The molecule has 0 bridgehead atoms. The third-order valence-electron chi connectivity index (χ3n) is 2.10. The Labute approximate surface area is 93.6 Å².